The van der Waals surface area contributed by atoms with Crippen LogP contribution in [0.4, 0.5) is 11.6 Å². The average Bonchev–Trinajstić information content (AvgIpc) is 2.66. The van der Waals surface area contributed by atoms with Crippen LogP contribution in [0, 0.1) is 13.8 Å². The molecular weight excluding hydrogens is 330 g/mol. The third-order valence-electron chi connectivity index (χ3n) is 4.35. The molecule has 0 atom stereocenters. The molecule has 0 bridgehead atoms. The maximum atomic E-state index is 12.3. The van der Waals surface area contributed by atoms with Gasteiger partial charge >= 0.3 is 0 Å². The van der Waals surface area contributed by atoms with Crippen LogP contribution in [0.1, 0.15) is 21.6 Å². The van der Waals surface area contributed by atoms with Crippen LogP contribution in [-0.4, -0.2) is 60.2 Å². The van der Waals surface area contributed by atoms with Gasteiger partial charge in [-0.1, -0.05) is 12.1 Å². The van der Waals surface area contributed by atoms with Gasteiger partial charge in [0.25, 0.3) is 5.91 Å². The Labute approximate surface area is 153 Å². The van der Waals surface area contributed by atoms with Gasteiger partial charge in [-0.3, -0.25) is 9.69 Å². The second-order valence-corrected chi connectivity index (χ2v) is 6.42. The van der Waals surface area contributed by atoms with E-state index in [1.807, 2.05) is 26.0 Å². The van der Waals surface area contributed by atoms with E-state index >= 15 is 0 Å². The second-order valence-electron chi connectivity index (χ2n) is 6.42. The summed E-state index contributed by atoms with van der Waals surface area (Å²) < 4.78 is 5.32. The summed E-state index contributed by atoms with van der Waals surface area (Å²) in [6.07, 6.45) is 1.59. The number of carbonyl (C=O) groups is 1. The summed E-state index contributed by atoms with van der Waals surface area (Å²) in [7, 11) is 0. The molecule has 3 rings (SSSR count). The van der Waals surface area contributed by atoms with Crippen LogP contribution in [0.25, 0.3) is 0 Å². The molecule has 1 aliphatic heterocycles. The van der Waals surface area contributed by atoms with Crippen LogP contribution in [-0.2, 0) is 4.74 Å². The van der Waals surface area contributed by atoms with E-state index in [0.717, 1.165) is 49.7 Å². The van der Waals surface area contributed by atoms with Crippen molar-refractivity contribution in [3.63, 3.8) is 0 Å². The number of rotatable bonds is 6. The van der Waals surface area contributed by atoms with Crippen molar-refractivity contribution in [3.8, 4) is 0 Å². The zero-order valence-corrected chi connectivity index (χ0v) is 15.3. The zero-order valence-electron chi connectivity index (χ0n) is 15.3. The number of ether oxygens (including phenoxy) is 1. The molecule has 0 saturated carbocycles. The van der Waals surface area contributed by atoms with Crippen LogP contribution in [0.15, 0.2) is 30.5 Å². The fourth-order valence-corrected chi connectivity index (χ4v) is 2.78. The Morgan fingerprint density at radius 3 is 2.85 bits per heavy atom. The molecule has 1 aliphatic rings. The molecule has 7 nitrogen and oxygen atoms in total. The smallest absolute Gasteiger partial charge is 0.270 e. The minimum atomic E-state index is -0.190. The third kappa shape index (κ3) is 5.00. The number of hydrogen-bond acceptors (Lipinski definition) is 6. The molecule has 2 N–H and O–H groups in total. The molecule has 1 saturated heterocycles. The van der Waals surface area contributed by atoms with E-state index in [0.29, 0.717) is 18.2 Å². The summed E-state index contributed by atoms with van der Waals surface area (Å²) >= 11 is 0. The molecule has 7 heteroatoms. The van der Waals surface area contributed by atoms with E-state index in [1.165, 1.54) is 0 Å². The number of hydrogen-bond donors (Lipinski definition) is 2. The normalized spacial score (nSPS) is 14.8. The quantitative estimate of drug-likeness (QED) is 0.824. The van der Waals surface area contributed by atoms with Crippen molar-refractivity contribution in [2.75, 3.05) is 44.7 Å². The summed E-state index contributed by atoms with van der Waals surface area (Å²) in [5, 5.41) is 6.11. The van der Waals surface area contributed by atoms with Crippen molar-refractivity contribution in [2.24, 2.45) is 0 Å². The van der Waals surface area contributed by atoms with Crippen LogP contribution in [0.3, 0.4) is 0 Å². The molecule has 138 valence electrons. The molecule has 1 aromatic carbocycles. The molecule has 0 aliphatic carbocycles. The third-order valence-corrected chi connectivity index (χ3v) is 4.35. The lowest BCUT2D eigenvalue weighted by atomic mass is 10.1. The van der Waals surface area contributed by atoms with Crippen LogP contribution >= 0.6 is 0 Å². The van der Waals surface area contributed by atoms with E-state index in [1.54, 1.807) is 12.3 Å². The number of aromatic nitrogens is 2. The number of nitrogens with zero attached hydrogens (tertiary/aromatic N) is 3. The highest BCUT2D eigenvalue weighted by molar-refractivity contribution is 5.92. The minimum Gasteiger partial charge on any atom is -0.379 e. The van der Waals surface area contributed by atoms with E-state index in [-0.39, 0.29) is 5.91 Å². The first kappa shape index (κ1) is 18.3. The maximum absolute atomic E-state index is 12.3. The maximum Gasteiger partial charge on any atom is 0.270 e. The van der Waals surface area contributed by atoms with Gasteiger partial charge in [0.05, 0.1) is 13.2 Å². The number of amides is 1. The van der Waals surface area contributed by atoms with Crippen LogP contribution in [0.5, 0.6) is 0 Å². The first-order valence-corrected chi connectivity index (χ1v) is 8.87. The summed E-state index contributed by atoms with van der Waals surface area (Å²) in [6.45, 7) is 8.78. The highest BCUT2D eigenvalue weighted by Crippen LogP contribution is 2.19. The van der Waals surface area contributed by atoms with Gasteiger partial charge in [0.15, 0.2) is 0 Å². The number of morpholine rings is 1. The van der Waals surface area contributed by atoms with Gasteiger partial charge in [-0.15, -0.1) is 0 Å². The van der Waals surface area contributed by atoms with Gasteiger partial charge < -0.3 is 15.4 Å². The molecule has 2 aromatic rings. The van der Waals surface area contributed by atoms with Gasteiger partial charge in [-0.25, -0.2) is 9.97 Å². The Hall–Kier alpha value is -2.51. The molecular formula is C19H25N5O2. The first-order chi connectivity index (χ1) is 12.6. The van der Waals surface area contributed by atoms with Crippen molar-refractivity contribution < 1.29 is 9.53 Å². The summed E-state index contributed by atoms with van der Waals surface area (Å²) in [6, 6.07) is 7.76. The van der Waals surface area contributed by atoms with Crippen molar-refractivity contribution in [1.29, 1.82) is 0 Å². The summed E-state index contributed by atoms with van der Waals surface area (Å²) in [4.78, 5) is 23.2. The van der Waals surface area contributed by atoms with Gasteiger partial charge in [0.2, 0.25) is 5.95 Å². The van der Waals surface area contributed by atoms with Crippen molar-refractivity contribution >= 4 is 17.5 Å². The average molecular weight is 355 g/mol. The Morgan fingerprint density at radius 1 is 1.23 bits per heavy atom. The lowest BCUT2D eigenvalue weighted by Gasteiger charge is -2.26. The Morgan fingerprint density at radius 2 is 2.04 bits per heavy atom. The van der Waals surface area contributed by atoms with Crippen LogP contribution in [0.2, 0.25) is 0 Å². The summed E-state index contributed by atoms with van der Waals surface area (Å²) in [5.41, 5.74) is 3.54. The van der Waals surface area contributed by atoms with E-state index in [4.69, 9.17) is 4.74 Å². The first-order valence-electron chi connectivity index (χ1n) is 8.87. The van der Waals surface area contributed by atoms with Crippen molar-refractivity contribution in [2.45, 2.75) is 13.8 Å². The lowest BCUT2D eigenvalue weighted by molar-refractivity contribution is 0.0383. The SMILES string of the molecule is Cc1ccc(C)c(Nc2nccc(C(=O)NCCN3CCOCC3)n2)c1. The molecule has 1 aromatic heterocycles. The van der Waals surface area contributed by atoms with Crippen molar-refractivity contribution in [3.05, 3.63) is 47.3 Å². The fraction of sp³-hybridized carbons (Fsp3) is 0.421. The molecule has 2 heterocycles. The Kier molecular flexibility index (Phi) is 6.14. The minimum absolute atomic E-state index is 0.190. The number of benzene rings is 1. The molecule has 1 amide bonds. The van der Waals surface area contributed by atoms with Gasteiger partial charge in [0.1, 0.15) is 5.69 Å². The second kappa shape index (κ2) is 8.73. The highest BCUT2D eigenvalue weighted by Gasteiger charge is 2.12. The lowest BCUT2D eigenvalue weighted by Crippen LogP contribution is -2.41. The van der Waals surface area contributed by atoms with Gasteiger partial charge in [0, 0.05) is 38.1 Å². The van der Waals surface area contributed by atoms with E-state index in [2.05, 4.69) is 31.6 Å². The largest absolute Gasteiger partial charge is 0.379 e. The standard InChI is InChI=1S/C19H25N5O2/c1-14-3-4-15(2)17(13-14)23-19-21-6-5-16(22-19)18(25)20-7-8-24-9-11-26-12-10-24/h3-6,13H,7-12H2,1-2H3,(H,20,25)(H,21,22,23). The topological polar surface area (TPSA) is 79.4 Å². The number of anilines is 2. The highest BCUT2D eigenvalue weighted by atomic mass is 16.5. The Bertz CT molecular complexity index is 759. The van der Waals surface area contributed by atoms with Gasteiger partial charge in [-0.05, 0) is 37.1 Å². The zero-order chi connectivity index (χ0) is 18.4. The number of aryl methyl sites for hydroxylation is 2. The molecule has 0 unspecified atom stereocenters. The van der Waals surface area contributed by atoms with Gasteiger partial charge in [-0.2, -0.15) is 0 Å². The molecule has 0 radical (unpaired) electrons. The number of carbonyl (C=O) groups excluding carboxylic acids is 1. The molecule has 0 spiro atoms. The van der Waals surface area contributed by atoms with Crippen molar-refractivity contribution in [1.82, 2.24) is 20.2 Å². The predicted molar refractivity (Wildman–Crippen MR) is 101 cm³/mol. The monoisotopic (exact) mass is 355 g/mol. The van der Waals surface area contributed by atoms with E-state index in [9.17, 15) is 4.79 Å². The predicted octanol–water partition coefficient (Wildman–Crippen LogP) is 1.90. The number of nitrogens with one attached hydrogen (secondary N) is 2. The fourth-order valence-electron chi connectivity index (χ4n) is 2.78. The van der Waals surface area contributed by atoms with E-state index < -0.39 is 0 Å². The Balaban J connectivity index is 1.57. The summed E-state index contributed by atoms with van der Waals surface area (Å²) in [5.74, 6) is 0.226. The molecule has 26 heavy (non-hydrogen) atoms. The molecule has 1 fully saturated rings. The van der Waals surface area contributed by atoms with Crippen LogP contribution < -0.4 is 10.6 Å².